The van der Waals surface area contributed by atoms with Crippen LogP contribution in [0.25, 0.3) is 16.5 Å². The average molecular weight is 414 g/mol. The Labute approximate surface area is 179 Å². The van der Waals surface area contributed by atoms with Gasteiger partial charge in [-0.2, -0.15) is 0 Å². The fourth-order valence-electron chi connectivity index (χ4n) is 3.40. The van der Waals surface area contributed by atoms with E-state index in [4.69, 9.17) is 9.47 Å². The molecule has 0 aliphatic heterocycles. The van der Waals surface area contributed by atoms with Crippen LogP contribution >= 0.6 is 0 Å². The molecule has 0 atom stereocenters. The van der Waals surface area contributed by atoms with Crippen LogP contribution in [-0.2, 0) is 0 Å². The molecule has 4 rings (SSSR count). The Morgan fingerprint density at radius 2 is 1.68 bits per heavy atom. The third kappa shape index (κ3) is 4.00. The van der Waals surface area contributed by atoms with Crippen LogP contribution in [0.4, 0.5) is 5.69 Å². The number of aliphatic imine (C=N–C) groups is 1. The van der Waals surface area contributed by atoms with Gasteiger partial charge in [0.15, 0.2) is 0 Å². The molecule has 0 saturated carbocycles. The smallest absolute Gasteiger partial charge is 0.265 e. The first kappa shape index (κ1) is 20.2. The summed E-state index contributed by atoms with van der Waals surface area (Å²) in [6.07, 6.45) is 1.57. The summed E-state index contributed by atoms with van der Waals surface area (Å²) in [6.45, 7) is 2.44. The van der Waals surface area contributed by atoms with Gasteiger partial charge in [-0.3, -0.25) is 9.79 Å². The van der Waals surface area contributed by atoms with Gasteiger partial charge in [0.25, 0.3) is 5.56 Å². The summed E-state index contributed by atoms with van der Waals surface area (Å²) in [7, 11) is 1.55. The molecule has 0 aliphatic rings. The summed E-state index contributed by atoms with van der Waals surface area (Å²) >= 11 is 0. The summed E-state index contributed by atoms with van der Waals surface area (Å²) in [5.74, 6) is 1.05. The van der Waals surface area contributed by atoms with Crippen LogP contribution in [0, 0.1) is 0 Å². The van der Waals surface area contributed by atoms with E-state index in [1.165, 1.54) is 4.57 Å². The topological polar surface area (TPSA) is 73.1 Å². The van der Waals surface area contributed by atoms with Gasteiger partial charge in [0.05, 0.1) is 36.0 Å². The highest BCUT2D eigenvalue weighted by Gasteiger charge is 2.17. The maximum Gasteiger partial charge on any atom is 0.265 e. The SMILES string of the molecule is CCOc1ccc(-n2c(O)c(C=Nc3ccccc3)c3ccc(OC)cc3c2=O)cc1. The van der Waals surface area contributed by atoms with Crippen LogP contribution in [-0.4, -0.2) is 29.6 Å². The van der Waals surface area contributed by atoms with E-state index in [0.717, 1.165) is 5.69 Å². The molecule has 1 aromatic heterocycles. The molecule has 0 aliphatic carbocycles. The highest BCUT2D eigenvalue weighted by atomic mass is 16.5. The monoisotopic (exact) mass is 414 g/mol. The van der Waals surface area contributed by atoms with Gasteiger partial charge in [0.1, 0.15) is 11.5 Å². The highest BCUT2D eigenvalue weighted by molar-refractivity contribution is 6.02. The van der Waals surface area contributed by atoms with E-state index >= 15 is 0 Å². The predicted octanol–water partition coefficient (Wildman–Crippen LogP) is 4.85. The number of para-hydroxylation sites is 1. The van der Waals surface area contributed by atoms with Gasteiger partial charge in [0.2, 0.25) is 5.88 Å². The van der Waals surface area contributed by atoms with Crippen molar-refractivity contribution >= 4 is 22.7 Å². The van der Waals surface area contributed by atoms with Crippen molar-refractivity contribution in [3.8, 4) is 23.1 Å². The molecular weight excluding hydrogens is 392 g/mol. The minimum Gasteiger partial charge on any atom is -0.497 e. The van der Waals surface area contributed by atoms with Crippen LogP contribution in [0.5, 0.6) is 17.4 Å². The zero-order valence-corrected chi connectivity index (χ0v) is 17.3. The van der Waals surface area contributed by atoms with Crippen LogP contribution in [0.1, 0.15) is 12.5 Å². The Bertz CT molecular complexity index is 1290. The summed E-state index contributed by atoms with van der Waals surface area (Å²) in [6, 6.07) is 21.6. The Balaban J connectivity index is 1.95. The van der Waals surface area contributed by atoms with E-state index in [1.807, 2.05) is 37.3 Å². The zero-order valence-electron chi connectivity index (χ0n) is 17.3. The van der Waals surface area contributed by atoms with Crippen molar-refractivity contribution in [2.45, 2.75) is 6.92 Å². The van der Waals surface area contributed by atoms with Gasteiger partial charge >= 0.3 is 0 Å². The van der Waals surface area contributed by atoms with Crippen molar-refractivity contribution in [3.63, 3.8) is 0 Å². The second-order valence-corrected chi connectivity index (χ2v) is 6.81. The van der Waals surface area contributed by atoms with Gasteiger partial charge in [-0.25, -0.2) is 4.57 Å². The lowest BCUT2D eigenvalue weighted by Gasteiger charge is -2.15. The number of fused-ring (bicyclic) bond motifs is 1. The molecule has 156 valence electrons. The molecule has 0 saturated heterocycles. The predicted molar refractivity (Wildman–Crippen MR) is 123 cm³/mol. The van der Waals surface area contributed by atoms with Gasteiger partial charge in [-0.1, -0.05) is 18.2 Å². The van der Waals surface area contributed by atoms with Crippen molar-refractivity contribution in [1.29, 1.82) is 0 Å². The number of hydrogen-bond acceptors (Lipinski definition) is 5. The lowest BCUT2D eigenvalue weighted by Crippen LogP contribution is -2.20. The van der Waals surface area contributed by atoms with E-state index in [9.17, 15) is 9.90 Å². The largest absolute Gasteiger partial charge is 0.497 e. The summed E-state index contributed by atoms with van der Waals surface area (Å²) in [5.41, 5.74) is 1.34. The Kier molecular flexibility index (Phi) is 5.71. The Morgan fingerprint density at radius 3 is 2.35 bits per heavy atom. The van der Waals surface area contributed by atoms with Crippen LogP contribution in [0.3, 0.4) is 0 Å². The average Bonchev–Trinajstić information content (AvgIpc) is 2.81. The van der Waals surface area contributed by atoms with Crippen molar-refractivity contribution in [2.75, 3.05) is 13.7 Å². The number of rotatable bonds is 6. The minimum absolute atomic E-state index is 0.188. The van der Waals surface area contributed by atoms with Crippen LogP contribution < -0.4 is 15.0 Å². The number of benzene rings is 3. The Morgan fingerprint density at radius 1 is 0.968 bits per heavy atom. The number of methoxy groups -OCH3 is 1. The minimum atomic E-state index is -0.354. The standard InChI is InChI=1S/C25H22N2O4/c1-3-31-19-11-9-18(10-12-19)27-24(28)22-15-20(30-2)13-14-21(22)23(25(27)29)16-26-17-7-5-4-6-8-17/h4-16,29H,3H2,1-2H3. The number of nitrogens with zero attached hydrogens (tertiary/aromatic N) is 2. The van der Waals surface area contributed by atoms with Crippen molar-refractivity contribution in [3.05, 3.63) is 88.7 Å². The second kappa shape index (κ2) is 8.75. The molecule has 0 spiro atoms. The molecule has 1 heterocycles. The van der Waals surface area contributed by atoms with Gasteiger partial charge in [-0.05, 0) is 61.5 Å². The van der Waals surface area contributed by atoms with E-state index in [-0.39, 0.29) is 11.4 Å². The molecule has 6 heteroatoms. The van der Waals surface area contributed by atoms with Crippen molar-refractivity contribution in [1.82, 2.24) is 4.57 Å². The van der Waals surface area contributed by atoms with E-state index in [2.05, 4.69) is 4.99 Å². The number of pyridine rings is 1. The quantitative estimate of drug-likeness (QED) is 0.458. The summed E-state index contributed by atoms with van der Waals surface area (Å²) in [4.78, 5) is 17.8. The maximum absolute atomic E-state index is 13.3. The fourth-order valence-corrected chi connectivity index (χ4v) is 3.40. The van der Waals surface area contributed by atoms with E-state index in [0.29, 0.717) is 40.1 Å². The van der Waals surface area contributed by atoms with Crippen LogP contribution in [0.15, 0.2) is 82.6 Å². The number of ether oxygens (including phenoxy) is 2. The molecule has 0 unspecified atom stereocenters. The van der Waals surface area contributed by atoms with E-state index < -0.39 is 0 Å². The lowest BCUT2D eigenvalue weighted by molar-refractivity contribution is 0.340. The molecule has 6 nitrogen and oxygen atoms in total. The van der Waals surface area contributed by atoms with Crippen molar-refractivity contribution in [2.24, 2.45) is 4.99 Å². The normalized spacial score (nSPS) is 11.2. The van der Waals surface area contributed by atoms with Crippen LogP contribution in [0.2, 0.25) is 0 Å². The maximum atomic E-state index is 13.3. The molecule has 4 aromatic rings. The van der Waals surface area contributed by atoms with E-state index in [1.54, 1.807) is 55.8 Å². The first-order valence-corrected chi connectivity index (χ1v) is 9.90. The molecule has 0 amide bonds. The first-order chi connectivity index (χ1) is 15.1. The Hall–Kier alpha value is -4.06. The third-order valence-corrected chi connectivity index (χ3v) is 4.91. The highest BCUT2D eigenvalue weighted by Crippen LogP contribution is 2.29. The summed E-state index contributed by atoms with van der Waals surface area (Å²) in [5, 5.41) is 12.1. The molecule has 31 heavy (non-hydrogen) atoms. The number of aromatic nitrogens is 1. The third-order valence-electron chi connectivity index (χ3n) is 4.91. The van der Waals surface area contributed by atoms with Gasteiger partial charge in [0, 0.05) is 11.6 Å². The number of aromatic hydroxyl groups is 1. The first-order valence-electron chi connectivity index (χ1n) is 9.90. The zero-order chi connectivity index (χ0) is 21.8. The molecule has 0 fully saturated rings. The molecular formula is C25H22N2O4. The second-order valence-electron chi connectivity index (χ2n) is 6.81. The molecule has 3 aromatic carbocycles. The molecule has 1 N–H and O–H groups in total. The fraction of sp³-hybridized carbons (Fsp3) is 0.120. The van der Waals surface area contributed by atoms with Gasteiger partial charge < -0.3 is 14.6 Å². The number of hydrogen-bond donors (Lipinski definition) is 1. The summed E-state index contributed by atoms with van der Waals surface area (Å²) < 4.78 is 12.1. The van der Waals surface area contributed by atoms with Crippen molar-refractivity contribution < 1.29 is 14.6 Å². The lowest BCUT2D eigenvalue weighted by atomic mass is 10.1. The van der Waals surface area contributed by atoms with Gasteiger partial charge in [-0.15, -0.1) is 0 Å². The molecule has 0 radical (unpaired) electrons. The molecule has 0 bridgehead atoms.